The van der Waals surface area contributed by atoms with Crippen LogP contribution in [0.3, 0.4) is 0 Å². The van der Waals surface area contributed by atoms with Crippen molar-refractivity contribution in [3.05, 3.63) is 113 Å². The van der Waals surface area contributed by atoms with Crippen molar-refractivity contribution in [2.24, 2.45) is 5.16 Å². The molecule has 0 aliphatic carbocycles. The number of hydrogen-bond donors (Lipinski definition) is 0. The zero-order chi connectivity index (χ0) is 23.9. The van der Waals surface area contributed by atoms with Crippen LogP contribution in [0.4, 0.5) is 4.39 Å². The maximum Gasteiger partial charge on any atom is 0.368 e. The van der Waals surface area contributed by atoms with Crippen LogP contribution >= 0.6 is 0 Å². The normalized spacial score (nSPS) is 14.0. The van der Waals surface area contributed by atoms with Gasteiger partial charge in [-0.2, -0.15) is 0 Å². The van der Waals surface area contributed by atoms with E-state index in [4.69, 9.17) is 14.3 Å². The Bertz CT molecular complexity index is 1260. The number of oxime groups is 1. The van der Waals surface area contributed by atoms with Crippen LogP contribution in [0.15, 0.2) is 90.1 Å². The lowest BCUT2D eigenvalue weighted by molar-refractivity contribution is -0.136. The summed E-state index contributed by atoms with van der Waals surface area (Å²) in [6, 6.07) is 19.4. The molecular formula is C28H24FNO4. The molecule has 34 heavy (non-hydrogen) atoms. The third kappa shape index (κ3) is 5.23. The SMILES string of the molecule is C=CCc1cc(/C=C2\C(=O)ON=C2c2ccccc2)cc(OCC)c1OCc1cccc(F)c1. The molecule has 0 saturated heterocycles. The van der Waals surface area contributed by atoms with E-state index in [-0.39, 0.29) is 12.4 Å². The lowest BCUT2D eigenvalue weighted by Gasteiger charge is -2.17. The Morgan fingerprint density at radius 1 is 1.06 bits per heavy atom. The molecule has 0 amide bonds. The van der Waals surface area contributed by atoms with Crippen molar-refractivity contribution in [2.75, 3.05) is 6.61 Å². The highest BCUT2D eigenvalue weighted by atomic mass is 19.1. The molecule has 0 fully saturated rings. The molecule has 0 N–H and O–H groups in total. The Kier molecular flexibility index (Phi) is 7.18. The van der Waals surface area contributed by atoms with E-state index in [1.807, 2.05) is 43.3 Å². The van der Waals surface area contributed by atoms with Crippen molar-refractivity contribution in [2.45, 2.75) is 20.0 Å². The second kappa shape index (κ2) is 10.6. The van der Waals surface area contributed by atoms with Gasteiger partial charge in [-0.05, 0) is 54.8 Å². The Balaban J connectivity index is 1.71. The van der Waals surface area contributed by atoms with Gasteiger partial charge >= 0.3 is 5.97 Å². The molecule has 1 aliphatic heterocycles. The first kappa shape index (κ1) is 23.0. The average Bonchev–Trinajstić information content (AvgIpc) is 3.19. The summed E-state index contributed by atoms with van der Waals surface area (Å²) in [6.07, 6.45) is 4.00. The lowest BCUT2D eigenvalue weighted by Crippen LogP contribution is -2.07. The molecule has 0 unspecified atom stereocenters. The van der Waals surface area contributed by atoms with Gasteiger partial charge in [0.2, 0.25) is 0 Å². The Labute approximate surface area is 197 Å². The molecule has 3 aromatic rings. The fraction of sp³-hybridized carbons (Fsp3) is 0.143. The number of nitrogens with zero attached hydrogens (tertiary/aromatic N) is 1. The summed E-state index contributed by atoms with van der Waals surface area (Å²) in [6.45, 7) is 6.32. The van der Waals surface area contributed by atoms with Crippen LogP contribution in [-0.2, 0) is 22.7 Å². The maximum atomic E-state index is 13.6. The smallest absolute Gasteiger partial charge is 0.368 e. The van der Waals surface area contributed by atoms with Crippen molar-refractivity contribution in [3.8, 4) is 11.5 Å². The number of carbonyl (C=O) groups excluding carboxylic acids is 1. The van der Waals surface area contributed by atoms with E-state index >= 15 is 0 Å². The predicted molar refractivity (Wildman–Crippen MR) is 129 cm³/mol. The second-order valence-corrected chi connectivity index (χ2v) is 7.59. The Hall–Kier alpha value is -4.19. The van der Waals surface area contributed by atoms with Crippen molar-refractivity contribution < 1.29 is 23.5 Å². The lowest BCUT2D eigenvalue weighted by atomic mass is 9.99. The van der Waals surface area contributed by atoms with Gasteiger partial charge in [-0.25, -0.2) is 9.18 Å². The first-order valence-electron chi connectivity index (χ1n) is 10.9. The van der Waals surface area contributed by atoms with Crippen LogP contribution < -0.4 is 9.47 Å². The van der Waals surface area contributed by atoms with Crippen LogP contribution in [0, 0.1) is 5.82 Å². The van der Waals surface area contributed by atoms with Gasteiger partial charge in [0.15, 0.2) is 11.5 Å². The molecule has 0 aromatic heterocycles. The topological polar surface area (TPSA) is 57.1 Å². The number of halogens is 1. The summed E-state index contributed by atoms with van der Waals surface area (Å²) >= 11 is 0. The summed E-state index contributed by atoms with van der Waals surface area (Å²) in [4.78, 5) is 17.4. The van der Waals surface area contributed by atoms with Gasteiger partial charge in [0.1, 0.15) is 18.1 Å². The molecule has 0 saturated carbocycles. The minimum absolute atomic E-state index is 0.180. The Morgan fingerprint density at radius 2 is 1.88 bits per heavy atom. The standard InChI is InChI=1S/C28H24FNO4/c1-3-9-22-14-20(16-24-26(30-34-28(24)31)21-11-6-5-7-12-21)17-25(32-4-2)27(22)33-18-19-10-8-13-23(29)15-19/h3,5-8,10-17H,1,4,9,18H2,2H3/b24-16-. The number of rotatable bonds is 9. The number of benzene rings is 3. The van der Waals surface area contributed by atoms with Crippen molar-refractivity contribution in [1.82, 2.24) is 0 Å². The summed E-state index contributed by atoms with van der Waals surface area (Å²) in [5.41, 5.74) is 3.87. The summed E-state index contributed by atoms with van der Waals surface area (Å²) in [5, 5.41) is 3.97. The Morgan fingerprint density at radius 3 is 2.62 bits per heavy atom. The fourth-order valence-corrected chi connectivity index (χ4v) is 3.66. The zero-order valence-corrected chi connectivity index (χ0v) is 18.8. The van der Waals surface area contributed by atoms with Crippen LogP contribution in [0.25, 0.3) is 6.08 Å². The van der Waals surface area contributed by atoms with Crippen LogP contribution in [-0.4, -0.2) is 18.3 Å². The third-order valence-corrected chi connectivity index (χ3v) is 5.14. The van der Waals surface area contributed by atoms with Gasteiger partial charge in [-0.1, -0.05) is 53.7 Å². The summed E-state index contributed by atoms with van der Waals surface area (Å²) in [7, 11) is 0. The van der Waals surface area contributed by atoms with Crippen LogP contribution in [0.1, 0.15) is 29.2 Å². The van der Waals surface area contributed by atoms with E-state index in [1.165, 1.54) is 12.1 Å². The summed E-state index contributed by atoms with van der Waals surface area (Å²) in [5.74, 6) is 0.237. The number of carbonyl (C=O) groups is 1. The molecule has 1 heterocycles. The molecule has 0 bridgehead atoms. The van der Waals surface area contributed by atoms with Gasteiger partial charge in [0.05, 0.1) is 12.2 Å². The van der Waals surface area contributed by atoms with Gasteiger partial charge in [-0.15, -0.1) is 6.58 Å². The molecule has 0 atom stereocenters. The molecular weight excluding hydrogens is 433 g/mol. The van der Waals surface area contributed by atoms with Crippen molar-refractivity contribution in [1.29, 1.82) is 0 Å². The van der Waals surface area contributed by atoms with E-state index in [9.17, 15) is 9.18 Å². The van der Waals surface area contributed by atoms with Crippen molar-refractivity contribution in [3.63, 3.8) is 0 Å². The quantitative estimate of drug-likeness (QED) is 0.229. The fourth-order valence-electron chi connectivity index (χ4n) is 3.66. The zero-order valence-electron chi connectivity index (χ0n) is 18.8. The van der Waals surface area contributed by atoms with Crippen molar-refractivity contribution >= 4 is 17.8 Å². The first-order chi connectivity index (χ1) is 16.6. The van der Waals surface area contributed by atoms with E-state index < -0.39 is 5.97 Å². The number of allylic oxidation sites excluding steroid dienone is 1. The molecule has 6 heteroatoms. The highest BCUT2D eigenvalue weighted by Crippen LogP contribution is 2.36. The minimum atomic E-state index is -0.520. The molecule has 5 nitrogen and oxygen atoms in total. The number of hydrogen-bond acceptors (Lipinski definition) is 5. The first-order valence-corrected chi connectivity index (χ1v) is 10.9. The van der Waals surface area contributed by atoms with E-state index in [1.54, 1.807) is 30.4 Å². The number of ether oxygens (including phenoxy) is 2. The highest BCUT2D eigenvalue weighted by molar-refractivity contribution is 6.31. The predicted octanol–water partition coefficient (Wildman–Crippen LogP) is 5.88. The van der Waals surface area contributed by atoms with E-state index in [2.05, 4.69) is 11.7 Å². The molecule has 3 aromatic carbocycles. The van der Waals surface area contributed by atoms with Crippen LogP contribution in [0.5, 0.6) is 11.5 Å². The molecule has 0 radical (unpaired) electrons. The van der Waals surface area contributed by atoms with Gasteiger partial charge in [0, 0.05) is 11.1 Å². The highest BCUT2D eigenvalue weighted by Gasteiger charge is 2.27. The molecule has 172 valence electrons. The monoisotopic (exact) mass is 457 g/mol. The third-order valence-electron chi connectivity index (χ3n) is 5.14. The van der Waals surface area contributed by atoms with E-state index in [0.717, 1.165) is 16.7 Å². The minimum Gasteiger partial charge on any atom is -0.490 e. The van der Waals surface area contributed by atoms with Crippen LogP contribution in [0.2, 0.25) is 0 Å². The second-order valence-electron chi connectivity index (χ2n) is 7.59. The molecule has 4 rings (SSSR count). The maximum absolute atomic E-state index is 13.6. The molecule has 0 spiro atoms. The molecule has 1 aliphatic rings. The van der Waals surface area contributed by atoms with E-state index in [0.29, 0.717) is 41.4 Å². The van der Waals surface area contributed by atoms with Gasteiger partial charge < -0.3 is 14.3 Å². The summed E-state index contributed by atoms with van der Waals surface area (Å²) < 4.78 is 25.5. The van der Waals surface area contributed by atoms with Gasteiger partial charge in [0.25, 0.3) is 0 Å². The largest absolute Gasteiger partial charge is 0.490 e. The van der Waals surface area contributed by atoms with Gasteiger partial charge in [-0.3, -0.25) is 0 Å². The average molecular weight is 458 g/mol.